The fourth-order valence-corrected chi connectivity index (χ4v) is 5.75. The van der Waals surface area contributed by atoms with Gasteiger partial charge in [0, 0.05) is 19.2 Å². The van der Waals surface area contributed by atoms with E-state index in [4.69, 9.17) is 4.74 Å². The molecule has 1 aromatic heterocycles. The van der Waals surface area contributed by atoms with E-state index in [-0.39, 0.29) is 17.6 Å². The Morgan fingerprint density at radius 3 is 2.64 bits per heavy atom. The van der Waals surface area contributed by atoms with Crippen molar-refractivity contribution in [3.63, 3.8) is 0 Å². The minimum absolute atomic E-state index is 0.0804. The average Bonchev–Trinajstić information content (AvgIpc) is 3.26. The molecule has 0 aliphatic carbocycles. The van der Waals surface area contributed by atoms with E-state index in [0.29, 0.717) is 31.4 Å². The number of hydrogen-bond donors (Lipinski definition) is 2. The molecule has 3 aromatic rings. The predicted molar refractivity (Wildman–Crippen MR) is 124 cm³/mol. The Labute approximate surface area is 194 Å². The summed E-state index contributed by atoms with van der Waals surface area (Å²) in [5.41, 5.74) is 2.77. The van der Waals surface area contributed by atoms with Crippen LogP contribution in [0.25, 0.3) is 0 Å². The highest BCUT2D eigenvalue weighted by atomic mass is 32.2. The van der Waals surface area contributed by atoms with Crippen molar-refractivity contribution in [2.45, 2.75) is 62.3 Å². The van der Waals surface area contributed by atoms with Crippen molar-refractivity contribution in [3.05, 3.63) is 77.6 Å². The molecule has 3 atom stereocenters. The molecule has 1 saturated heterocycles. The van der Waals surface area contributed by atoms with Crippen molar-refractivity contribution >= 4 is 10.0 Å². The molecule has 2 N–H and O–H groups in total. The second-order valence-corrected chi connectivity index (χ2v) is 10.2. The summed E-state index contributed by atoms with van der Waals surface area (Å²) in [6, 6.07) is 16.5. The second-order valence-electron chi connectivity index (χ2n) is 8.47. The van der Waals surface area contributed by atoms with E-state index in [2.05, 4.69) is 27.2 Å². The molecule has 4 rings (SSSR count). The standard InChI is InChI=1S/C24H30N4O4S/c1-18-7-5-6-10-24(18)33(30,31)26-22-12-11-21(32-23(22)17-29)13-14-28-16-20(25-27-28)15-19-8-3-2-4-9-19/h2-10,16,21-23,26,29H,11-15,17H2,1H3/t21-,22+,23-/m0/s1. The first-order valence-corrected chi connectivity index (χ1v) is 12.7. The van der Waals surface area contributed by atoms with Crippen molar-refractivity contribution in [1.29, 1.82) is 0 Å². The smallest absolute Gasteiger partial charge is 0.241 e. The first-order chi connectivity index (χ1) is 15.9. The number of aryl methyl sites for hydroxylation is 2. The highest BCUT2D eigenvalue weighted by Crippen LogP contribution is 2.24. The van der Waals surface area contributed by atoms with Crippen LogP contribution in [-0.2, 0) is 27.7 Å². The normalized spacial score (nSPS) is 21.2. The zero-order valence-corrected chi connectivity index (χ0v) is 19.5. The molecule has 2 aromatic carbocycles. The summed E-state index contributed by atoms with van der Waals surface area (Å²) in [5.74, 6) is 0. The third kappa shape index (κ3) is 6.05. The summed E-state index contributed by atoms with van der Waals surface area (Å²) in [5, 5.41) is 18.3. The number of ether oxygens (including phenoxy) is 1. The Morgan fingerprint density at radius 1 is 1.12 bits per heavy atom. The summed E-state index contributed by atoms with van der Waals surface area (Å²) in [7, 11) is -3.69. The van der Waals surface area contributed by atoms with Crippen LogP contribution in [0.5, 0.6) is 0 Å². The molecule has 2 heterocycles. The van der Waals surface area contributed by atoms with Gasteiger partial charge >= 0.3 is 0 Å². The van der Waals surface area contributed by atoms with E-state index in [1.54, 1.807) is 31.2 Å². The minimum atomic E-state index is -3.69. The summed E-state index contributed by atoms with van der Waals surface area (Å²) < 4.78 is 36.3. The number of aliphatic hydroxyl groups is 1. The van der Waals surface area contributed by atoms with Crippen LogP contribution in [0, 0.1) is 6.92 Å². The van der Waals surface area contributed by atoms with Crippen LogP contribution in [0.1, 0.15) is 36.1 Å². The fourth-order valence-electron chi connectivity index (χ4n) is 4.21. The monoisotopic (exact) mass is 470 g/mol. The van der Waals surface area contributed by atoms with Gasteiger partial charge in [0.05, 0.1) is 35.4 Å². The van der Waals surface area contributed by atoms with Crippen molar-refractivity contribution in [2.24, 2.45) is 0 Å². The molecule has 0 bridgehead atoms. The van der Waals surface area contributed by atoms with Crippen LogP contribution in [-0.4, -0.2) is 53.4 Å². The molecule has 1 aliphatic rings. The fraction of sp³-hybridized carbons (Fsp3) is 0.417. The quantitative estimate of drug-likeness (QED) is 0.498. The minimum Gasteiger partial charge on any atom is -0.394 e. The number of hydrogen-bond acceptors (Lipinski definition) is 6. The number of aliphatic hydroxyl groups excluding tert-OH is 1. The maximum absolute atomic E-state index is 12.8. The Morgan fingerprint density at radius 2 is 1.88 bits per heavy atom. The third-order valence-electron chi connectivity index (χ3n) is 5.98. The van der Waals surface area contributed by atoms with E-state index in [1.807, 2.05) is 29.1 Å². The van der Waals surface area contributed by atoms with E-state index < -0.39 is 22.2 Å². The molecule has 8 nitrogen and oxygen atoms in total. The first kappa shape index (κ1) is 23.6. The summed E-state index contributed by atoms with van der Waals surface area (Å²) in [4.78, 5) is 0.251. The molecule has 176 valence electrons. The van der Waals surface area contributed by atoms with Crippen LogP contribution in [0.2, 0.25) is 0 Å². The lowest BCUT2D eigenvalue weighted by Crippen LogP contribution is -2.51. The van der Waals surface area contributed by atoms with Gasteiger partial charge in [0.15, 0.2) is 0 Å². The van der Waals surface area contributed by atoms with Crippen LogP contribution in [0.4, 0.5) is 0 Å². The van der Waals surface area contributed by atoms with Crippen LogP contribution in [0.3, 0.4) is 0 Å². The van der Waals surface area contributed by atoms with E-state index in [9.17, 15) is 13.5 Å². The average molecular weight is 471 g/mol. The van der Waals surface area contributed by atoms with E-state index in [0.717, 1.165) is 12.1 Å². The van der Waals surface area contributed by atoms with Gasteiger partial charge in [-0.15, -0.1) is 5.10 Å². The Hall–Kier alpha value is -2.59. The van der Waals surface area contributed by atoms with Crippen LogP contribution in [0.15, 0.2) is 65.7 Å². The molecule has 1 aliphatic heterocycles. The second kappa shape index (κ2) is 10.6. The van der Waals surface area contributed by atoms with Crippen molar-refractivity contribution in [1.82, 2.24) is 19.7 Å². The topological polar surface area (TPSA) is 106 Å². The van der Waals surface area contributed by atoms with E-state index in [1.165, 1.54) is 5.56 Å². The largest absolute Gasteiger partial charge is 0.394 e. The van der Waals surface area contributed by atoms with Gasteiger partial charge in [-0.3, -0.25) is 4.68 Å². The Bertz CT molecular complexity index is 1150. The molecular formula is C24H30N4O4S. The predicted octanol–water partition coefficient (Wildman–Crippen LogP) is 2.45. The lowest BCUT2D eigenvalue weighted by molar-refractivity contribution is -0.0891. The molecule has 1 fully saturated rings. The number of rotatable bonds is 9. The number of sulfonamides is 1. The SMILES string of the molecule is Cc1ccccc1S(=O)(=O)N[C@@H]1CC[C@@H](CCn2cc(Cc3ccccc3)nn2)O[C@H]1CO. The first-order valence-electron chi connectivity index (χ1n) is 11.2. The van der Waals surface area contributed by atoms with Gasteiger partial charge in [-0.25, -0.2) is 13.1 Å². The summed E-state index contributed by atoms with van der Waals surface area (Å²) in [6.45, 7) is 2.16. The van der Waals surface area contributed by atoms with Gasteiger partial charge in [0.2, 0.25) is 10.0 Å². The van der Waals surface area contributed by atoms with Crippen molar-refractivity contribution in [3.8, 4) is 0 Å². The Kier molecular flexibility index (Phi) is 7.54. The molecule has 0 unspecified atom stereocenters. The molecule has 0 saturated carbocycles. The molecule has 0 amide bonds. The molecule has 0 spiro atoms. The Balaban J connectivity index is 1.30. The lowest BCUT2D eigenvalue weighted by Gasteiger charge is -2.36. The number of nitrogens with zero attached hydrogens (tertiary/aromatic N) is 3. The van der Waals surface area contributed by atoms with Gasteiger partial charge in [0.25, 0.3) is 0 Å². The third-order valence-corrected chi connectivity index (χ3v) is 7.63. The molecular weight excluding hydrogens is 440 g/mol. The van der Waals surface area contributed by atoms with Gasteiger partial charge in [0.1, 0.15) is 0 Å². The highest BCUT2D eigenvalue weighted by molar-refractivity contribution is 7.89. The van der Waals surface area contributed by atoms with Crippen LogP contribution >= 0.6 is 0 Å². The summed E-state index contributed by atoms with van der Waals surface area (Å²) >= 11 is 0. The van der Waals surface area contributed by atoms with Crippen LogP contribution < -0.4 is 4.72 Å². The maximum Gasteiger partial charge on any atom is 0.241 e. The number of aromatic nitrogens is 3. The molecule has 33 heavy (non-hydrogen) atoms. The molecule has 0 radical (unpaired) electrons. The van der Waals surface area contributed by atoms with E-state index >= 15 is 0 Å². The van der Waals surface area contributed by atoms with Crippen molar-refractivity contribution < 1.29 is 18.3 Å². The molecule has 9 heteroatoms. The zero-order chi connectivity index (χ0) is 23.3. The van der Waals surface area contributed by atoms with Gasteiger partial charge < -0.3 is 9.84 Å². The summed E-state index contributed by atoms with van der Waals surface area (Å²) in [6.07, 6.45) is 4.01. The van der Waals surface area contributed by atoms with Gasteiger partial charge in [-0.1, -0.05) is 53.7 Å². The highest BCUT2D eigenvalue weighted by Gasteiger charge is 2.34. The zero-order valence-electron chi connectivity index (χ0n) is 18.7. The lowest BCUT2D eigenvalue weighted by atomic mass is 9.98. The maximum atomic E-state index is 12.8. The van der Waals surface area contributed by atoms with Gasteiger partial charge in [-0.05, 0) is 43.4 Å². The van der Waals surface area contributed by atoms with Gasteiger partial charge in [-0.2, -0.15) is 0 Å². The number of nitrogens with one attached hydrogen (secondary N) is 1. The number of benzene rings is 2. The van der Waals surface area contributed by atoms with Crippen molar-refractivity contribution in [2.75, 3.05) is 6.61 Å².